The molecule has 0 bridgehead atoms. The Bertz CT molecular complexity index is 728. The topological polar surface area (TPSA) is 56.2 Å². The maximum atomic E-state index is 12.3. The largest absolute Gasteiger partial charge is 0.435 e. The van der Waals surface area contributed by atoms with Crippen molar-refractivity contribution in [2.75, 3.05) is 0 Å². The number of aromatic nitrogens is 2. The summed E-state index contributed by atoms with van der Waals surface area (Å²) in [5.74, 6) is -0.142. The summed E-state index contributed by atoms with van der Waals surface area (Å²) in [5.41, 5.74) is 0.441. The van der Waals surface area contributed by atoms with Crippen LogP contribution in [0.25, 0.3) is 0 Å². The molecule has 1 N–H and O–H groups in total. The highest BCUT2D eigenvalue weighted by atomic mass is 32.2. The number of carbonyl (C=O) groups excluding carboxylic acids is 1. The fourth-order valence-electron chi connectivity index (χ4n) is 3.00. The van der Waals surface area contributed by atoms with Crippen LogP contribution in [0.2, 0.25) is 0 Å². The number of imidazole rings is 1. The first-order chi connectivity index (χ1) is 12.5. The van der Waals surface area contributed by atoms with E-state index in [1.54, 1.807) is 18.0 Å². The third-order valence-electron chi connectivity index (χ3n) is 4.40. The van der Waals surface area contributed by atoms with Crippen LogP contribution in [0, 0.1) is 0 Å². The van der Waals surface area contributed by atoms with Crippen molar-refractivity contribution >= 4 is 17.7 Å². The Morgan fingerprint density at radius 1 is 1.27 bits per heavy atom. The van der Waals surface area contributed by atoms with Gasteiger partial charge < -0.3 is 14.6 Å². The van der Waals surface area contributed by atoms with E-state index in [4.69, 9.17) is 0 Å². The van der Waals surface area contributed by atoms with Gasteiger partial charge in [0.15, 0.2) is 5.16 Å². The number of ether oxygens (including phenoxy) is 1. The molecule has 0 unspecified atom stereocenters. The van der Waals surface area contributed by atoms with Crippen molar-refractivity contribution in [3.8, 4) is 5.75 Å². The number of rotatable bonds is 6. The predicted octanol–water partition coefficient (Wildman–Crippen LogP) is 3.85. The lowest BCUT2D eigenvalue weighted by atomic mass is 9.94. The molecule has 0 aliphatic heterocycles. The van der Waals surface area contributed by atoms with Crippen molar-refractivity contribution in [1.82, 2.24) is 14.9 Å². The maximum absolute atomic E-state index is 12.3. The van der Waals surface area contributed by atoms with Crippen LogP contribution in [-0.4, -0.2) is 33.4 Å². The van der Waals surface area contributed by atoms with Gasteiger partial charge in [-0.1, -0.05) is 11.8 Å². The van der Waals surface area contributed by atoms with Crippen molar-refractivity contribution in [2.24, 2.45) is 7.05 Å². The van der Waals surface area contributed by atoms with E-state index >= 15 is 0 Å². The van der Waals surface area contributed by atoms with Crippen molar-refractivity contribution < 1.29 is 18.3 Å². The zero-order chi connectivity index (χ0) is 18.5. The summed E-state index contributed by atoms with van der Waals surface area (Å²) < 4.78 is 30.6. The first-order valence-corrected chi connectivity index (χ1v) is 9.39. The van der Waals surface area contributed by atoms with E-state index in [0.717, 1.165) is 30.8 Å². The number of nitrogens with zero attached hydrogens (tertiary/aromatic N) is 2. The molecule has 1 heterocycles. The molecule has 1 saturated carbocycles. The molecule has 2 aromatic rings. The van der Waals surface area contributed by atoms with E-state index < -0.39 is 6.61 Å². The van der Waals surface area contributed by atoms with Gasteiger partial charge in [-0.15, -0.1) is 0 Å². The lowest BCUT2D eigenvalue weighted by molar-refractivity contribution is -0.0498. The van der Waals surface area contributed by atoms with E-state index in [1.807, 2.05) is 17.8 Å². The van der Waals surface area contributed by atoms with Gasteiger partial charge >= 0.3 is 6.61 Å². The van der Waals surface area contributed by atoms with Gasteiger partial charge in [0.2, 0.25) is 0 Å². The van der Waals surface area contributed by atoms with Gasteiger partial charge in [0.05, 0.1) is 0 Å². The average Bonchev–Trinajstić information content (AvgIpc) is 3.01. The molecule has 1 aromatic heterocycles. The Morgan fingerprint density at radius 2 is 1.96 bits per heavy atom. The highest BCUT2D eigenvalue weighted by Crippen LogP contribution is 2.32. The van der Waals surface area contributed by atoms with E-state index in [-0.39, 0.29) is 17.7 Å². The number of aryl methyl sites for hydroxylation is 1. The number of halogens is 2. The first-order valence-electron chi connectivity index (χ1n) is 8.51. The van der Waals surface area contributed by atoms with Gasteiger partial charge in [0, 0.05) is 36.3 Å². The summed E-state index contributed by atoms with van der Waals surface area (Å²) >= 11 is 1.79. The Morgan fingerprint density at radius 3 is 2.54 bits per heavy atom. The van der Waals surface area contributed by atoms with Gasteiger partial charge in [-0.25, -0.2) is 4.98 Å². The molecule has 8 heteroatoms. The number of nitrogens with one attached hydrogen (secondary N) is 1. The summed E-state index contributed by atoms with van der Waals surface area (Å²) in [7, 11) is 1.98. The standard InChI is InChI=1S/C18H21F2N3O2S/c1-23-11-10-21-18(23)26-15-8-4-13(5-9-15)22-16(24)12-2-6-14(7-3-12)25-17(19)20/h2-3,6-7,10-11,13,15,17H,4-5,8-9H2,1H3,(H,22,24). The van der Waals surface area contributed by atoms with Crippen LogP contribution < -0.4 is 10.1 Å². The van der Waals surface area contributed by atoms with E-state index in [0.29, 0.717) is 10.8 Å². The number of amides is 1. The lowest BCUT2D eigenvalue weighted by Crippen LogP contribution is -2.38. The molecule has 1 fully saturated rings. The fourth-order valence-corrected chi connectivity index (χ4v) is 4.15. The fraction of sp³-hybridized carbons (Fsp3) is 0.444. The van der Waals surface area contributed by atoms with Crippen molar-refractivity contribution in [2.45, 2.75) is 48.7 Å². The second kappa shape index (κ2) is 8.53. The number of hydrogen-bond donors (Lipinski definition) is 1. The predicted molar refractivity (Wildman–Crippen MR) is 95.6 cm³/mol. The summed E-state index contributed by atoms with van der Waals surface area (Å²) in [6.07, 6.45) is 7.60. The van der Waals surface area contributed by atoms with Crippen LogP contribution >= 0.6 is 11.8 Å². The molecular weight excluding hydrogens is 360 g/mol. The van der Waals surface area contributed by atoms with Crippen LogP contribution in [0.3, 0.4) is 0 Å². The van der Waals surface area contributed by atoms with Crippen LogP contribution in [0.4, 0.5) is 8.78 Å². The normalized spacial score (nSPS) is 20.2. The summed E-state index contributed by atoms with van der Waals surface area (Å²) in [6.45, 7) is -2.87. The molecule has 1 aromatic carbocycles. The Labute approximate surface area is 155 Å². The SMILES string of the molecule is Cn1ccnc1SC1CCC(NC(=O)c2ccc(OC(F)F)cc2)CC1. The number of thioether (sulfide) groups is 1. The molecule has 140 valence electrons. The van der Waals surface area contributed by atoms with Gasteiger partial charge in [0.25, 0.3) is 5.91 Å². The number of hydrogen-bond acceptors (Lipinski definition) is 4. The number of carbonyl (C=O) groups is 1. The highest BCUT2D eigenvalue weighted by molar-refractivity contribution is 7.99. The monoisotopic (exact) mass is 381 g/mol. The van der Waals surface area contributed by atoms with Crippen molar-refractivity contribution in [3.63, 3.8) is 0 Å². The molecule has 0 atom stereocenters. The molecule has 0 spiro atoms. The van der Waals surface area contributed by atoms with Crippen LogP contribution in [0.5, 0.6) is 5.75 Å². The second-order valence-corrected chi connectivity index (χ2v) is 7.56. The average molecular weight is 381 g/mol. The molecule has 0 radical (unpaired) electrons. The molecule has 0 saturated heterocycles. The van der Waals surface area contributed by atoms with E-state index in [1.165, 1.54) is 24.3 Å². The first kappa shape index (κ1) is 18.7. The molecular formula is C18H21F2N3O2S. The van der Waals surface area contributed by atoms with E-state index in [9.17, 15) is 13.6 Å². The molecule has 1 aliphatic carbocycles. The van der Waals surface area contributed by atoms with Gasteiger partial charge in [0.1, 0.15) is 5.75 Å². The smallest absolute Gasteiger partial charge is 0.387 e. The quantitative estimate of drug-likeness (QED) is 0.826. The molecule has 1 amide bonds. The molecule has 1 aliphatic rings. The third-order valence-corrected chi connectivity index (χ3v) is 5.81. The highest BCUT2D eigenvalue weighted by Gasteiger charge is 2.24. The molecule has 5 nitrogen and oxygen atoms in total. The Hall–Kier alpha value is -2.09. The Balaban J connectivity index is 1.46. The zero-order valence-corrected chi connectivity index (χ0v) is 15.2. The minimum absolute atomic E-state index is 0.0448. The van der Waals surface area contributed by atoms with Crippen LogP contribution in [-0.2, 0) is 7.05 Å². The summed E-state index contributed by atoms with van der Waals surface area (Å²) in [5, 5.41) is 4.55. The number of benzene rings is 1. The van der Waals surface area contributed by atoms with Gasteiger partial charge in [-0.3, -0.25) is 4.79 Å². The minimum atomic E-state index is -2.87. The summed E-state index contributed by atoms with van der Waals surface area (Å²) in [4.78, 5) is 16.7. The molecule has 26 heavy (non-hydrogen) atoms. The Kier molecular flexibility index (Phi) is 6.13. The zero-order valence-electron chi connectivity index (χ0n) is 14.4. The van der Waals surface area contributed by atoms with Crippen LogP contribution in [0.1, 0.15) is 36.0 Å². The number of alkyl halides is 2. The van der Waals surface area contributed by atoms with Crippen molar-refractivity contribution in [1.29, 1.82) is 0 Å². The van der Waals surface area contributed by atoms with Gasteiger partial charge in [-0.05, 0) is 49.9 Å². The lowest BCUT2D eigenvalue weighted by Gasteiger charge is -2.28. The van der Waals surface area contributed by atoms with Gasteiger partial charge in [-0.2, -0.15) is 8.78 Å². The molecule has 3 rings (SSSR count). The van der Waals surface area contributed by atoms with Crippen molar-refractivity contribution in [3.05, 3.63) is 42.2 Å². The van der Waals surface area contributed by atoms with E-state index in [2.05, 4.69) is 15.0 Å². The summed E-state index contributed by atoms with van der Waals surface area (Å²) in [6, 6.07) is 5.88. The second-order valence-electron chi connectivity index (χ2n) is 6.29. The minimum Gasteiger partial charge on any atom is -0.435 e. The third kappa shape index (κ3) is 4.97. The van der Waals surface area contributed by atoms with Crippen LogP contribution in [0.15, 0.2) is 41.8 Å². The maximum Gasteiger partial charge on any atom is 0.387 e.